The fourth-order valence-corrected chi connectivity index (χ4v) is 0.555. The number of hydrogen-bond acceptors (Lipinski definition) is 5. The first-order chi connectivity index (χ1) is 6.39. The molecular weight excluding hydrogens is 168 g/mol. The zero-order valence-corrected chi connectivity index (χ0v) is 7.21. The Hall–Kier alpha value is -1.91. The van der Waals surface area contributed by atoms with Crippen LogP contribution in [0.3, 0.4) is 0 Å². The zero-order chi connectivity index (χ0) is 9.36. The number of rotatable bonds is 0. The van der Waals surface area contributed by atoms with E-state index in [1.807, 2.05) is 13.0 Å². The van der Waals surface area contributed by atoms with Gasteiger partial charge >= 0.3 is 0 Å². The van der Waals surface area contributed by atoms with Crippen molar-refractivity contribution in [3.05, 3.63) is 43.1 Å². The van der Waals surface area contributed by atoms with Gasteiger partial charge in [0.05, 0.1) is 0 Å². The molecule has 13 heavy (non-hydrogen) atoms. The van der Waals surface area contributed by atoms with Crippen LogP contribution in [0.1, 0.15) is 5.82 Å². The highest BCUT2D eigenvalue weighted by Crippen LogP contribution is 1.80. The summed E-state index contributed by atoms with van der Waals surface area (Å²) in [5, 5.41) is 0. The Morgan fingerprint density at radius 3 is 2.23 bits per heavy atom. The first-order valence-electron chi connectivity index (χ1n) is 3.71. The van der Waals surface area contributed by atoms with Crippen LogP contribution in [0.2, 0.25) is 0 Å². The third-order valence-electron chi connectivity index (χ3n) is 1.11. The minimum Gasteiger partial charge on any atom is -0.391 e. The molecule has 0 fully saturated rings. The van der Waals surface area contributed by atoms with Gasteiger partial charge in [-0.3, -0.25) is 0 Å². The van der Waals surface area contributed by atoms with Crippen molar-refractivity contribution in [1.82, 2.24) is 20.4 Å². The lowest BCUT2D eigenvalue weighted by Crippen LogP contribution is -2.01. The molecule has 68 valence electrons. The summed E-state index contributed by atoms with van der Waals surface area (Å²) in [5.74, 6) is 0.759. The van der Waals surface area contributed by atoms with Crippen molar-refractivity contribution < 1.29 is 4.84 Å². The Morgan fingerprint density at radius 1 is 1.23 bits per heavy atom. The Bertz CT molecular complexity index is 271. The number of nitrogens with zero attached hydrogens (tertiary/aromatic N) is 3. The zero-order valence-electron chi connectivity index (χ0n) is 7.21. The van der Waals surface area contributed by atoms with Crippen molar-refractivity contribution in [3.63, 3.8) is 0 Å². The maximum Gasteiger partial charge on any atom is 0.128 e. The van der Waals surface area contributed by atoms with Gasteiger partial charge in [-0.1, -0.05) is 0 Å². The van der Waals surface area contributed by atoms with Crippen molar-refractivity contribution in [2.75, 3.05) is 0 Å². The largest absolute Gasteiger partial charge is 0.391 e. The normalized spacial score (nSPS) is 12.1. The topological polar surface area (TPSA) is 59.9 Å². The summed E-state index contributed by atoms with van der Waals surface area (Å²) in [7, 11) is 0. The third kappa shape index (κ3) is 4.52. The molecule has 0 amide bonds. The van der Waals surface area contributed by atoms with E-state index in [2.05, 4.69) is 25.3 Å². The maximum absolute atomic E-state index is 4.55. The molecule has 0 atom stereocenters. The van der Waals surface area contributed by atoms with Crippen LogP contribution in [-0.4, -0.2) is 15.0 Å². The van der Waals surface area contributed by atoms with Crippen molar-refractivity contribution in [1.29, 1.82) is 0 Å². The maximum atomic E-state index is 4.55. The second kappa shape index (κ2) is 5.70. The highest BCUT2D eigenvalue weighted by molar-refractivity contribution is 5.00. The minimum absolute atomic E-state index is 0.759. The average Bonchev–Trinajstić information content (AvgIpc) is 2.22. The molecule has 0 saturated carbocycles. The lowest BCUT2D eigenvalue weighted by atomic mass is 10.6. The van der Waals surface area contributed by atoms with Crippen molar-refractivity contribution in [2.45, 2.75) is 6.92 Å². The van der Waals surface area contributed by atoms with Crippen molar-refractivity contribution in [3.8, 4) is 0 Å². The van der Waals surface area contributed by atoms with Crippen LogP contribution in [-0.2, 0) is 4.84 Å². The summed E-state index contributed by atoms with van der Waals surface area (Å²) >= 11 is 0. The Kier molecular flexibility index (Phi) is 4.03. The van der Waals surface area contributed by atoms with Crippen LogP contribution >= 0.6 is 0 Å². The molecule has 1 aliphatic heterocycles. The van der Waals surface area contributed by atoms with Crippen LogP contribution < -0.4 is 5.48 Å². The summed E-state index contributed by atoms with van der Waals surface area (Å²) < 4.78 is 0. The molecule has 0 radical (unpaired) electrons. The molecule has 2 rings (SSSR count). The van der Waals surface area contributed by atoms with Crippen LogP contribution in [0, 0.1) is 6.92 Å². The number of aryl methyl sites for hydroxylation is 1. The summed E-state index contributed by atoms with van der Waals surface area (Å²) in [5.41, 5.74) is 2.52. The molecule has 0 unspecified atom stereocenters. The van der Waals surface area contributed by atoms with E-state index in [0.717, 1.165) is 5.82 Å². The lowest BCUT2D eigenvalue weighted by molar-refractivity contribution is 0.172. The quantitative estimate of drug-likeness (QED) is 0.634. The highest BCUT2D eigenvalue weighted by atomic mass is 16.6. The molecule has 1 N–H and O–H groups in total. The molecule has 0 aliphatic carbocycles. The predicted molar refractivity (Wildman–Crippen MR) is 47.1 cm³/mol. The standard InChI is InChI=1S/C4H5N3.C4H5NO/c1-4-6-2-5-3-7-4;1-2-4-6-5-3-1/h2-3H,1H3;1-5H. The highest BCUT2D eigenvalue weighted by Gasteiger charge is 1.75. The first kappa shape index (κ1) is 9.18. The van der Waals surface area contributed by atoms with Crippen LogP contribution in [0.5, 0.6) is 0 Å². The number of hydroxylamine groups is 1. The van der Waals surface area contributed by atoms with Gasteiger partial charge in [0.15, 0.2) is 0 Å². The summed E-state index contributed by atoms with van der Waals surface area (Å²) in [6.07, 6.45) is 9.88. The van der Waals surface area contributed by atoms with Gasteiger partial charge < -0.3 is 4.84 Å². The van der Waals surface area contributed by atoms with Crippen LogP contribution in [0.25, 0.3) is 0 Å². The monoisotopic (exact) mass is 178 g/mol. The van der Waals surface area contributed by atoms with Gasteiger partial charge in [0, 0.05) is 6.20 Å². The van der Waals surface area contributed by atoms with Crippen LogP contribution in [0.4, 0.5) is 0 Å². The number of nitrogens with one attached hydrogen (secondary N) is 1. The molecule has 0 spiro atoms. The lowest BCUT2D eigenvalue weighted by Gasteiger charge is -1.97. The van der Waals surface area contributed by atoms with Gasteiger partial charge in [-0.15, -0.1) is 0 Å². The molecule has 0 saturated heterocycles. The minimum atomic E-state index is 0.759. The summed E-state index contributed by atoms with van der Waals surface area (Å²) in [4.78, 5) is 15.7. The second-order valence-electron chi connectivity index (χ2n) is 2.11. The van der Waals surface area contributed by atoms with E-state index in [-0.39, 0.29) is 0 Å². The SMILES string of the molecule is C1=CNOC=C1.Cc1ncncn1. The van der Waals surface area contributed by atoms with Crippen LogP contribution in [0.15, 0.2) is 37.3 Å². The fourth-order valence-electron chi connectivity index (χ4n) is 0.555. The number of aromatic nitrogens is 3. The number of hydrogen-bond donors (Lipinski definition) is 1. The van der Waals surface area contributed by atoms with E-state index < -0.39 is 0 Å². The molecule has 1 aromatic rings. The summed E-state index contributed by atoms with van der Waals surface area (Å²) in [6, 6.07) is 0. The molecule has 2 heterocycles. The molecule has 5 heteroatoms. The number of allylic oxidation sites excluding steroid dienone is 2. The van der Waals surface area contributed by atoms with Gasteiger partial charge in [0.1, 0.15) is 24.7 Å². The van der Waals surface area contributed by atoms with E-state index in [4.69, 9.17) is 0 Å². The molecule has 1 aromatic heterocycles. The van der Waals surface area contributed by atoms with E-state index in [0.29, 0.717) is 0 Å². The molecule has 5 nitrogen and oxygen atoms in total. The Labute approximate surface area is 76.2 Å². The van der Waals surface area contributed by atoms with Gasteiger partial charge in [0.25, 0.3) is 0 Å². The van der Waals surface area contributed by atoms with Crippen molar-refractivity contribution in [2.24, 2.45) is 0 Å². The van der Waals surface area contributed by atoms with Gasteiger partial charge in [0.2, 0.25) is 0 Å². The second-order valence-corrected chi connectivity index (χ2v) is 2.11. The van der Waals surface area contributed by atoms with Gasteiger partial charge in [-0.2, -0.15) is 0 Å². The smallest absolute Gasteiger partial charge is 0.128 e. The van der Waals surface area contributed by atoms with E-state index in [1.54, 1.807) is 18.5 Å². The third-order valence-corrected chi connectivity index (χ3v) is 1.11. The molecule has 0 aromatic carbocycles. The van der Waals surface area contributed by atoms with Gasteiger partial charge in [-0.05, 0) is 19.1 Å². The molecule has 0 bridgehead atoms. The predicted octanol–water partition coefficient (Wildman–Crippen LogP) is 0.729. The Morgan fingerprint density at radius 2 is 2.00 bits per heavy atom. The molecular formula is C8H10N4O. The first-order valence-corrected chi connectivity index (χ1v) is 3.71. The van der Waals surface area contributed by atoms with Gasteiger partial charge in [-0.25, -0.2) is 20.4 Å². The van der Waals surface area contributed by atoms with Crippen molar-refractivity contribution >= 4 is 0 Å². The Balaban J connectivity index is 0.000000132. The van der Waals surface area contributed by atoms with E-state index in [9.17, 15) is 0 Å². The average molecular weight is 178 g/mol. The summed E-state index contributed by atoms with van der Waals surface area (Å²) in [6.45, 7) is 1.82. The fraction of sp³-hybridized carbons (Fsp3) is 0.125. The van der Waals surface area contributed by atoms with E-state index in [1.165, 1.54) is 12.7 Å². The molecule has 1 aliphatic rings. The van der Waals surface area contributed by atoms with E-state index >= 15 is 0 Å².